The van der Waals surface area contributed by atoms with E-state index in [2.05, 4.69) is 19.9 Å². The Kier molecular flexibility index (Phi) is 10.3. The topological polar surface area (TPSA) is 35.5 Å². The van der Waals surface area contributed by atoms with Gasteiger partial charge in [0.25, 0.3) is 0 Å². The average molecular weight is 325 g/mol. The van der Waals surface area contributed by atoms with E-state index in [0.717, 1.165) is 31.3 Å². The predicted molar refractivity (Wildman–Crippen MR) is 95.5 cm³/mol. The molecule has 0 aliphatic carbocycles. The van der Waals surface area contributed by atoms with E-state index in [9.17, 15) is 4.79 Å². The minimum Gasteiger partial charge on any atom is -0.461 e. The van der Waals surface area contributed by atoms with E-state index in [1.165, 1.54) is 44.9 Å². The van der Waals surface area contributed by atoms with Crippen LogP contribution in [-0.2, 0) is 14.3 Å². The third-order valence-electron chi connectivity index (χ3n) is 4.93. The zero-order chi connectivity index (χ0) is 17.0. The summed E-state index contributed by atoms with van der Waals surface area (Å²) in [5.41, 5.74) is 1.14. The first-order valence-electron chi connectivity index (χ1n) is 9.48. The molecule has 1 saturated heterocycles. The lowest BCUT2D eigenvalue weighted by molar-refractivity contribution is -0.137. The molecule has 0 aromatic rings. The van der Waals surface area contributed by atoms with Crippen LogP contribution in [0.1, 0.15) is 90.9 Å². The normalized spacial score (nSPS) is 19.1. The molecular formula is C20H36O3. The van der Waals surface area contributed by atoms with Crippen LogP contribution in [0, 0.1) is 0 Å². The van der Waals surface area contributed by atoms with Crippen LogP contribution in [0.25, 0.3) is 0 Å². The number of ether oxygens (including phenoxy) is 2. The van der Waals surface area contributed by atoms with Crippen molar-refractivity contribution in [1.29, 1.82) is 0 Å². The molecular weight excluding hydrogens is 288 g/mol. The first-order chi connectivity index (χ1) is 11.1. The molecule has 0 unspecified atom stereocenters. The van der Waals surface area contributed by atoms with Gasteiger partial charge in [-0.3, -0.25) is 4.79 Å². The van der Waals surface area contributed by atoms with Gasteiger partial charge in [-0.2, -0.15) is 0 Å². The highest BCUT2D eigenvalue weighted by molar-refractivity contribution is 5.75. The van der Waals surface area contributed by atoms with Crippen molar-refractivity contribution >= 4 is 5.97 Å². The summed E-state index contributed by atoms with van der Waals surface area (Å²) in [5.74, 6) is -0.0862. The van der Waals surface area contributed by atoms with Crippen molar-refractivity contribution < 1.29 is 14.3 Å². The highest BCUT2D eigenvalue weighted by Crippen LogP contribution is 2.26. The van der Waals surface area contributed by atoms with Gasteiger partial charge in [-0.25, -0.2) is 0 Å². The van der Waals surface area contributed by atoms with Crippen LogP contribution in [0.4, 0.5) is 0 Å². The van der Waals surface area contributed by atoms with Gasteiger partial charge in [0.1, 0.15) is 6.61 Å². The van der Waals surface area contributed by atoms with Crippen LogP contribution in [0.2, 0.25) is 0 Å². The summed E-state index contributed by atoms with van der Waals surface area (Å²) >= 11 is 0. The molecule has 0 radical (unpaired) electrons. The smallest absolute Gasteiger partial charge is 0.310 e. The lowest BCUT2D eigenvalue weighted by Crippen LogP contribution is -2.27. The Bertz CT molecular complexity index is 362. The summed E-state index contributed by atoms with van der Waals surface area (Å²) in [6.45, 7) is 5.00. The number of hydrogen-bond acceptors (Lipinski definition) is 3. The van der Waals surface area contributed by atoms with Crippen molar-refractivity contribution in [2.45, 2.75) is 96.5 Å². The largest absolute Gasteiger partial charge is 0.461 e. The highest BCUT2D eigenvalue weighted by atomic mass is 16.5. The molecule has 0 aromatic heterocycles. The summed E-state index contributed by atoms with van der Waals surface area (Å²) in [6, 6.07) is 0. The van der Waals surface area contributed by atoms with Crippen LogP contribution in [0.3, 0.4) is 0 Å². The minimum absolute atomic E-state index is 0.00389. The maximum Gasteiger partial charge on any atom is 0.310 e. The number of allylic oxidation sites excluding steroid dienone is 1. The molecule has 1 aliphatic heterocycles. The van der Waals surface area contributed by atoms with Gasteiger partial charge in [-0.05, 0) is 38.2 Å². The lowest BCUT2D eigenvalue weighted by Gasteiger charge is -2.28. The molecule has 0 aromatic carbocycles. The van der Waals surface area contributed by atoms with Gasteiger partial charge in [0.05, 0.1) is 12.0 Å². The van der Waals surface area contributed by atoms with Crippen molar-refractivity contribution in [3.63, 3.8) is 0 Å². The zero-order valence-corrected chi connectivity index (χ0v) is 15.5. The Hall–Kier alpha value is -0.830. The number of hydrogen-bond donors (Lipinski definition) is 0. The molecule has 1 aliphatic rings. The average Bonchev–Trinajstić information content (AvgIpc) is 2.96. The summed E-state index contributed by atoms with van der Waals surface area (Å²) in [7, 11) is 1.84. The maximum absolute atomic E-state index is 11.0. The minimum atomic E-state index is -0.0862. The molecule has 0 N–H and O–H groups in total. The highest BCUT2D eigenvalue weighted by Gasteiger charge is 2.22. The Labute approximate surface area is 142 Å². The molecule has 0 saturated carbocycles. The number of cyclic esters (lactones) is 1. The fourth-order valence-corrected chi connectivity index (χ4v) is 3.16. The Morgan fingerprint density at radius 2 is 1.74 bits per heavy atom. The Morgan fingerprint density at radius 3 is 2.35 bits per heavy atom. The Balaban J connectivity index is 2.11. The van der Waals surface area contributed by atoms with E-state index >= 15 is 0 Å². The number of unbranched alkanes of at least 4 members (excludes halogenated alkanes) is 7. The van der Waals surface area contributed by atoms with E-state index in [1.807, 2.05) is 7.11 Å². The van der Waals surface area contributed by atoms with Gasteiger partial charge in [0.2, 0.25) is 0 Å². The van der Waals surface area contributed by atoms with Crippen LogP contribution in [0.5, 0.6) is 0 Å². The third-order valence-corrected chi connectivity index (χ3v) is 4.93. The second-order valence-corrected chi connectivity index (χ2v) is 7.12. The molecule has 1 heterocycles. The van der Waals surface area contributed by atoms with Crippen LogP contribution in [-0.4, -0.2) is 25.3 Å². The number of esters is 1. The summed E-state index contributed by atoms with van der Waals surface area (Å²) in [5, 5.41) is 0. The third kappa shape index (κ3) is 9.14. The van der Waals surface area contributed by atoms with Gasteiger partial charge >= 0.3 is 5.97 Å². The van der Waals surface area contributed by atoms with E-state index in [1.54, 1.807) is 0 Å². The number of carbonyl (C=O) groups is 1. The fourth-order valence-electron chi connectivity index (χ4n) is 3.16. The molecule has 0 spiro atoms. The molecule has 1 rings (SSSR count). The van der Waals surface area contributed by atoms with E-state index in [4.69, 9.17) is 9.47 Å². The maximum atomic E-state index is 11.0. The predicted octanol–water partition coefficient (Wildman–Crippen LogP) is 5.58. The van der Waals surface area contributed by atoms with Gasteiger partial charge in [-0.1, -0.05) is 57.9 Å². The standard InChI is InChI=1S/C20H36O3/c1-4-5-6-7-8-9-11-14-20(2,22-3)15-12-10-13-18-16-19(21)23-17-18/h13H,4-12,14-17H2,1-3H3/b18-13-/t20-/m1/s1. The van der Waals surface area contributed by atoms with Gasteiger partial charge < -0.3 is 9.47 Å². The molecule has 23 heavy (non-hydrogen) atoms. The van der Waals surface area contributed by atoms with Crippen LogP contribution in [0.15, 0.2) is 11.6 Å². The van der Waals surface area contributed by atoms with E-state index in [-0.39, 0.29) is 11.6 Å². The lowest BCUT2D eigenvalue weighted by atomic mass is 9.91. The van der Waals surface area contributed by atoms with Crippen molar-refractivity contribution in [3.8, 4) is 0 Å². The summed E-state index contributed by atoms with van der Waals surface area (Å²) in [4.78, 5) is 11.0. The van der Waals surface area contributed by atoms with Gasteiger partial charge in [-0.15, -0.1) is 0 Å². The van der Waals surface area contributed by atoms with Gasteiger partial charge in [0, 0.05) is 7.11 Å². The molecule has 1 fully saturated rings. The monoisotopic (exact) mass is 324 g/mol. The van der Waals surface area contributed by atoms with Crippen molar-refractivity contribution in [2.24, 2.45) is 0 Å². The molecule has 3 nitrogen and oxygen atoms in total. The van der Waals surface area contributed by atoms with Crippen LogP contribution >= 0.6 is 0 Å². The first-order valence-corrected chi connectivity index (χ1v) is 9.48. The van der Waals surface area contributed by atoms with Crippen molar-refractivity contribution in [2.75, 3.05) is 13.7 Å². The van der Waals surface area contributed by atoms with Crippen molar-refractivity contribution in [1.82, 2.24) is 0 Å². The molecule has 3 heteroatoms. The summed E-state index contributed by atoms with van der Waals surface area (Å²) < 4.78 is 10.7. The molecule has 0 amide bonds. The zero-order valence-electron chi connectivity index (χ0n) is 15.5. The van der Waals surface area contributed by atoms with E-state index < -0.39 is 0 Å². The second kappa shape index (κ2) is 11.7. The quantitative estimate of drug-likeness (QED) is 0.252. The fraction of sp³-hybridized carbons (Fsp3) is 0.850. The van der Waals surface area contributed by atoms with Gasteiger partial charge in [0.15, 0.2) is 0 Å². The number of carbonyl (C=O) groups excluding carboxylic acids is 1. The van der Waals surface area contributed by atoms with Crippen LogP contribution < -0.4 is 0 Å². The second-order valence-electron chi connectivity index (χ2n) is 7.12. The number of methoxy groups -OCH3 is 1. The molecule has 0 bridgehead atoms. The molecule has 1 atom stereocenters. The van der Waals surface area contributed by atoms with Crippen molar-refractivity contribution in [3.05, 3.63) is 11.6 Å². The number of rotatable bonds is 13. The summed E-state index contributed by atoms with van der Waals surface area (Å²) in [6.07, 6.45) is 16.4. The van der Waals surface area contributed by atoms with E-state index in [0.29, 0.717) is 13.0 Å². The molecule has 134 valence electrons. The Morgan fingerprint density at radius 1 is 1.09 bits per heavy atom. The SMILES string of the molecule is CCCCCCCCC[C@](C)(CCC/C=C1\COC(=O)C1)OC. The first kappa shape index (κ1) is 20.2.